The first kappa shape index (κ1) is 16.3. The second kappa shape index (κ2) is 6.60. The molecule has 9 nitrogen and oxygen atoms in total. The number of amides is 3. The fourth-order valence-electron chi connectivity index (χ4n) is 3.01. The summed E-state index contributed by atoms with van der Waals surface area (Å²) in [6.45, 7) is 1.52. The maximum Gasteiger partial charge on any atom is 0.318 e. The summed E-state index contributed by atoms with van der Waals surface area (Å²) in [5.74, 6) is 1.16. The van der Waals surface area contributed by atoms with Gasteiger partial charge in [-0.2, -0.15) is 0 Å². The number of urea groups is 1. The van der Waals surface area contributed by atoms with Crippen molar-refractivity contribution in [3.63, 3.8) is 0 Å². The molecule has 1 unspecified atom stereocenters. The average Bonchev–Trinajstić information content (AvgIpc) is 2.68. The lowest BCUT2D eigenvalue weighted by Crippen LogP contribution is -2.55. The molecule has 0 spiro atoms. The van der Waals surface area contributed by atoms with Crippen LogP contribution in [0.5, 0.6) is 0 Å². The van der Waals surface area contributed by atoms with E-state index in [9.17, 15) is 9.59 Å². The highest BCUT2D eigenvalue weighted by molar-refractivity contribution is 6.03. The summed E-state index contributed by atoms with van der Waals surface area (Å²) < 4.78 is 5.41. The minimum absolute atomic E-state index is 0.0989. The van der Waals surface area contributed by atoms with Gasteiger partial charge in [0.15, 0.2) is 11.6 Å². The molecule has 134 valence electrons. The third-order valence-corrected chi connectivity index (χ3v) is 4.36. The second-order valence-corrected chi connectivity index (χ2v) is 5.99. The zero-order chi connectivity index (χ0) is 18.1. The van der Waals surface area contributed by atoms with Crippen LogP contribution in [-0.4, -0.2) is 54.8 Å². The number of aromatic nitrogens is 2. The lowest BCUT2D eigenvalue weighted by Gasteiger charge is -2.39. The molecule has 9 heteroatoms. The monoisotopic (exact) mass is 354 g/mol. The van der Waals surface area contributed by atoms with Crippen LogP contribution in [0, 0.1) is 0 Å². The highest BCUT2D eigenvalue weighted by Gasteiger charge is 2.36. The molecule has 2 aromatic rings. The quantitative estimate of drug-likeness (QED) is 0.744. The molecular weight excluding hydrogens is 336 g/mol. The maximum absolute atomic E-state index is 12.2. The highest BCUT2D eigenvalue weighted by Crippen LogP contribution is 2.32. The van der Waals surface area contributed by atoms with Crippen LogP contribution in [0.1, 0.15) is 0 Å². The van der Waals surface area contributed by atoms with E-state index in [0.717, 1.165) is 5.56 Å². The second-order valence-electron chi connectivity index (χ2n) is 5.99. The summed E-state index contributed by atoms with van der Waals surface area (Å²) in [4.78, 5) is 34.5. The van der Waals surface area contributed by atoms with Gasteiger partial charge in [-0.1, -0.05) is 0 Å². The zero-order valence-electron chi connectivity index (χ0n) is 14.2. The van der Waals surface area contributed by atoms with Crippen molar-refractivity contribution in [2.45, 2.75) is 6.04 Å². The Morgan fingerprint density at radius 2 is 2.15 bits per heavy atom. The van der Waals surface area contributed by atoms with Crippen molar-refractivity contribution in [3.05, 3.63) is 30.5 Å². The highest BCUT2D eigenvalue weighted by atomic mass is 16.5. The number of fused-ring (bicyclic) bond motifs is 3. The van der Waals surface area contributed by atoms with E-state index in [1.54, 1.807) is 25.4 Å². The van der Waals surface area contributed by atoms with Crippen molar-refractivity contribution < 1.29 is 14.3 Å². The molecule has 3 N–H and O–H groups in total. The normalized spacial score (nSPS) is 18.4. The van der Waals surface area contributed by atoms with Crippen LogP contribution in [0.4, 0.5) is 22.0 Å². The van der Waals surface area contributed by atoms with E-state index >= 15 is 0 Å². The molecule has 0 aliphatic carbocycles. The number of hydrogen-bond donors (Lipinski definition) is 3. The first-order valence-corrected chi connectivity index (χ1v) is 8.27. The number of rotatable bonds is 2. The Morgan fingerprint density at radius 3 is 2.92 bits per heavy atom. The van der Waals surface area contributed by atoms with Gasteiger partial charge in [0, 0.05) is 24.8 Å². The van der Waals surface area contributed by atoms with Crippen LogP contribution in [-0.2, 0) is 9.53 Å². The Balaban J connectivity index is 1.63. The minimum Gasteiger partial charge on any atom is -0.377 e. The molecule has 0 radical (unpaired) electrons. The zero-order valence-corrected chi connectivity index (χ0v) is 14.2. The molecule has 26 heavy (non-hydrogen) atoms. The summed E-state index contributed by atoms with van der Waals surface area (Å²) in [6.07, 6.45) is 1.62. The summed E-state index contributed by atoms with van der Waals surface area (Å²) in [6, 6.07) is 6.60. The molecular formula is C17H18N6O3. The molecule has 1 aromatic heterocycles. The number of morpholine rings is 1. The number of anilines is 3. The Labute approximate surface area is 149 Å². The van der Waals surface area contributed by atoms with Gasteiger partial charge in [0.25, 0.3) is 0 Å². The van der Waals surface area contributed by atoms with Gasteiger partial charge in [-0.25, -0.2) is 14.8 Å². The maximum atomic E-state index is 12.2. The first-order chi connectivity index (χ1) is 12.7. The van der Waals surface area contributed by atoms with Gasteiger partial charge >= 0.3 is 6.03 Å². The standard InChI is InChI=1S/C17H18N6O3/c1-18-17(25)20-11-4-2-10(3-5-11)14-19-8-12-15(22-14)23-6-7-26-9-13(23)16(24)21-12/h2-5,8,13H,6-7,9H2,1H3,(H,21,24)(H2,18,20,25). The van der Waals surface area contributed by atoms with E-state index in [1.807, 2.05) is 17.0 Å². The van der Waals surface area contributed by atoms with Crippen molar-refractivity contribution in [3.8, 4) is 11.4 Å². The number of hydrogen-bond acceptors (Lipinski definition) is 6. The molecule has 1 aromatic carbocycles. The largest absolute Gasteiger partial charge is 0.377 e. The number of ether oxygens (including phenoxy) is 1. The topological polar surface area (TPSA) is 108 Å². The molecule has 1 fully saturated rings. The van der Waals surface area contributed by atoms with Crippen LogP contribution >= 0.6 is 0 Å². The van der Waals surface area contributed by atoms with Crippen molar-refractivity contribution in [1.82, 2.24) is 15.3 Å². The van der Waals surface area contributed by atoms with Gasteiger partial charge in [-0.05, 0) is 24.3 Å². The van der Waals surface area contributed by atoms with Crippen LogP contribution in [0.3, 0.4) is 0 Å². The van der Waals surface area contributed by atoms with E-state index in [4.69, 9.17) is 4.74 Å². The van der Waals surface area contributed by atoms with Crippen molar-refractivity contribution in [2.75, 3.05) is 42.3 Å². The molecule has 1 saturated heterocycles. The predicted octanol–water partition coefficient (Wildman–Crippen LogP) is 1.05. The Bertz CT molecular complexity index is 854. The van der Waals surface area contributed by atoms with Gasteiger partial charge < -0.3 is 25.6 Å². The fourth-order valence-corrected chi connectivity index (χ4v) is 3.01. The molecule has 3 amide bonds. The Morgan fingerprint density at radius 1 is 1.35 bits per heavy atom. The summed E-state index contributed by atoms with van der Waals surface area (Å²) in [5.41, 5.74) is 2.10. The van der Waals surface area contributed by atoms with Crippen LogP contribution < -0.4 is 20.9 Å². The van der Waals surface area contributed by atoms with Gasteiger partial charge in [0.2, 0.25) is 5.91 Å². The van der Waals surface area contributed by atoms with Gasteiger partial charge in [-0.15, -0.1) is 0 Å². The third kappa shape index (κ3) is 2.93. The number of benzene rings is 1. The van der Waals surface area contributed by atoms with Gasteiger partial charge in [0.1, 0.15) is 11.7 Å². The molecule has 4 rings (SSSR count). The van der Waals surface area contributed by atoms with E-state index in [0.29, 0.717) is 42.8 Å². The molecule has 0 bridgehead atoms. The Hall–Kier alpha value is -3.20. The molecule has 3 heterocycles. The van der Waals surface area contributed by atoms with E-state index < -0.39 is 0 Å². The number of nitrogens with one attached hydrogen (secondary N) is 3. The number of nitrogens with zero attached hydrogens (tertiary/aromatic N) is 3. The predicted molar refractivity (Wildman–Crippen MR) is 96.1 cm³/mol. The fraction of sp³-hybridized carbons (Fsp3) is 0.294. The molecule has 0 saturated carbocycles. The smallest absolute Gasteiger partial charge is 0.318 e. The van der Waals surface area contributed by atoms with E-state index in [2.05, 4.69) is 25.9 Å². The molecule has 2 aliphatic heterocycles. The van der Waals surface area contributed by atoms with Crippen molar-refractivity contribution in [2.24, 2.45) is 0 Å². The lowest BCUT2D eigenvalue weighted by molar-refractivity contribution is -0.120. The molecule has 1 atom stereocenters. The lowest BCUT2D eigenvalue weighted by atomic mass is 10.1. The van der Waals surface area contributed by atoms with Crippen molar-refractivity contribution >= 4 is 29.1 Å². The number of carbonyl (C=O) groups is 2. The van der Waals surface area contributed by atoms with E-state index in [1.165, 1.54) is 0 Å². The van der Waals surface area contributed by atoms with Crippen molar-refractivity contribution in [1.29, 1.82) is 0 Å². The minimum atomic E-state index is -0.363. The van der Waals surface area contributed by atoms with Crippen LogP contribution in [0.2, 0.25) is 0 Å². The summed E-state index contributed by atoms with van der Waals surface area (Å²) in [7, 11) is 1.56. The number of carbonyl (C=O) groups excluding carboxylic acids is 2. The third-order valence-electron chi connectivity index (χ3n) is 4.36. The summed E-state index contributed by atoms with van der Waals surface area (Å²) >= 11 is 0. The average molecular weight is 354 g/mol. The SMILES string of the molecule is CNC(=O)Nc1ccc(-c2ncc3c(n2)N2CCOCC2C(=O)N3)cc1. The van der Waals surface area contributed by atoms with Crippen LogP contribution in [0.25, 0.3) is 11.4 Å². The van der Waals surface area contributed by atoms with E-state index in [-0.39, 0.29) is 18.0 Å². The van der Waals surface area contributed by atoms with Crippen LogP contribution in [0.15, 0.2) is 30.5 Å². The molecule has 2 aliphatic rings. The Kier molecular flexibility index (Phi) is 4.13. The summed E-state index contributed by atoms with van der Waals surface area (Å²) in [5, 5.41) is 8.04. The van der Waals surface area contributed by atoms with Gasteiger partial charge in [0.05, 0.1) is 19.4 Å². The van der Waals surface area contributed by atoms with Gasteiger partial charge in [-0.3, -0.25) is 4.79 Å². The first-order valence-electron chi connectivity index (χ1n) is 8.27.